The standard InChI is InChI=1S/C15H14N2O6/c1-9-7-10(14(18)22-2)8-12(17(20)21)13(9)16-6-4-5-11(16)15(19)23-3/h4-8H,1-3H3. The Bertz CT molecular complexity index is 793. The van der Waals surface area contributed by atoms with Crippen LogP contribution in [0.25, 0.3) is 5.69 Å². The van der Waals surface area contributed by atoms with E-state index in [9.17, 15) is 19.7 Å². The molecule has 2 rings (SSSR count). The predicted molar refractivity (Wildman–Crippen MR) is 79.8 cm³/mol. The first-order valence-corrected chi connectivity index (χ1v) is 6.54. The Morgan fingerprint density at radius 3 is 2.39 bits per heavy atom. The number of benzene rings is 1. The zero-order valence-electron chi connectivity index (χ0n) is 12.7. The third-order valence-electron chi connectivity index (χ3n) is 3.28. The van der Waals surface area contributed by atoms with E-state index in [4.69, 9.17) is 0 Å². The van der Waals surface area contributed by atoms with E-state index in [2.05, 4.69) is 9.47 Å². The normalized spacial score (nSPS) is 10.2. The van der Waals surface area contributed by atoms with Crippen molar-refractivity contribution in [2.45, 2.75) is 6.92 Å². The van der Waals surface area contributed by atoms with Gasteiger partial charge in [-0.2, -0.15) is 0 Å². The lowest BCUT2D eigenvalue weighted by Crippen LogP contribution is -2.12. The van der Waals surface area contributed by atoms with Crippen LogP contribution in [0.5, 0.6) is 0 Å². The number of methoxy groups -OCH3 is 2. The Morgan fingerprint density at radius 2 is 1.83 bits per heavy atom. The first-order chi connectivity index (χ1) is 10.9. The Morgan fingerprint density at radius 1 is 1.17 bits per heavy atom. The van der Waals surface area contributed by atoms with Crippen molar-refractivity contribution < 1.29 is 24.0 Å². The van der Waals surface area contributed by atoms with Gasteiger partial charge in [-0.1, -0.05) is 0 Å². The maximum Gasteiger partial charge on any atom is 0.355 e. The number of rotatable bonds is 4. The molecule has 0 aliphatic heterocycles. The molecule has 8 nitrogen and oxygen atoms in total. The lowest BCUT2D eigenvalue weighted by atomic mass is 10.1. The zero-order valence-corrected chi connectivity index (χ0v) is 12.7. The van der Waals surface area contributed by atoms with E-state index in [1.54, 1.807) is 13.0 Å². The number of carbonyl (C=O) groups is 2. The summed E-state index contributed by atoms with van der Waals surface area (Å²) in [6.07, 6.45) is 1.51. The number of ether oxygens (including phenoxy) is 2. The van der Waals surface area contributed by atoms with Crippen molar-refractivity contribution in [2.24, 2.45) is 0 Å². The molecule has 0 bridgehead atoms. The number of aromatic nitrogens is 1. The molecular formula is C15H14N2O6. The van der Waals surface area contributed by atoms with Crippen LogP contribution in [0, 0.1) is 17.0 Å². The molecule has 0 saturated heterocycles. The van der Waals surface area contributed by atoms with Gasteiger partial charge in [0.25, 0.3) is 5.69 Å². The second-order valence-corrected chi connectivity index (χ2v) is 4.66. The molecule has 0 atom stereocenters. The number of nitro groups is 1. The van der Waals surface area contributed by atoms with Crippen molar-refractivity contribution in [3.8, 4) is 5.69 Å². The molecule has 1 aromatic heterocycles. The van der Waals surface area contributed by atoms with E-state index >= 15 is 0 Å². The van der Waals surface area contributed by atoms with Gasteiger partial charge < -0.3 is 14.0 Å². The van der Waals surface area contributed by atoms with Crippen LogP contribution in [0.4, 0.5) is 5.69 Å². The third-order valence-corrected chi connectivity index (χ3v) is 3.28. The van der Waals surface area contributed by atoms with E-state index < -0.39 is 16.9 Å². The topological polar surface area (TPSA) is 101 Å². The van der Waals surface area contributed by atoms with Crippen LogP contribution in [0.2, 0.25) is 0 Å². The molecule has 2 aromatic rings. The van der Waals surface area contributed by atoms with Gasteiger partial charge in [0.1, 0.15) is 11.4 Å². The minimum atomic E-state index is -0.677. The molecule has 0 spiro atoms. The number of carbonyl (C=O) groups excluding carboxylic acids is 2. The van der Waals surface area contributed by atoms with E-state index in [1.807, 2.05) is 0 Å². The predicted octanol–water partition coefficient (Wildman–Crippen LogP) is 2.27. The van der Waals surface area contributed by atoms with Crippen LogP contribution in [0.1, 0.15) is 26.4 Å². The van der Waals surface area contributed by atoms with Crippen LogP contribution in [-0.4, -0.2) is 35.6 Å². The number of nitrogens with zero attached hydrogens (tertiary/aromatic N) is 2. The van der Waals surface area contributed by atoms with E-state index in [0.717, 1.165) is 6.07 Å². The maximum absolute atomic E-state index is 11.8. The smallest absolute Gasteiger partial charge is 0.355 e. The fourth-order valence-electron chi connectivity index (χ4n) is 2.30. The van der Waals surface area contributed by atoms with Gasteiger partial charge in [0.05, 0.1) is 24.7 Å². The maximum atomic E-state index is 11.8. The number of hydrogen-bond acceptors (Lipinski definition) is 6. The fraction of sp³-hybridized carbons (Fsp3) is 0.200. The molecule has 23 heavy (non-hydrogen) atoms. The number of nitro benzene ring substituents is 1. The summed E-state index contributed by atoms with van der Waals surface area (Å²) in [5.41, 5.74) is 0.525. The Hall–Kier alpha value is -3.16. The quantitative estimate of drug-likeness (QED) is 0.487. The summed E-state index contributed by atoms with van der Waals surface area (Å²) >= 11 is 0. The molecule has 0 fully saturated rings. The minimum absolute atomic E-state index is 0.0622. The zero-order chi connectivity index (χ0) is 17.1. The Balaban J connectivity index is 2.73. The highest BCUT2D eigenvalue weighted by Gasteiger charge is 2.25. The lowest BCUT2D eigenvalue weighted by molar-refractivity contribution is -0.384. The molecular weight excluding hydrogens is 304 g/mol. The molecule has 0 aliphatic carbocycles. The number of esters is 2. The molecule has 1 heterocycles. The van der Waals surface area contributed by atoms with Gasteiger partial charge in [-0.3, -0.25) is 10.1 Å². The number of aryl methyl sites for hydroxylation is 1. The second kappa shape index (κ2) is 6.30. The molecule has 0 unspecified atom stereocenters. The monoisotopic (exact) mass is 318 g/mol. The van der Waals surface area contributed by atoms with Crippen LogP contribution in [0.3, 0.4) is 0 Å². The first kappa shape index (κ1) is 16.2. The SMILES string of the molecule is COC(=O)c1cc(C)c(-n2cccc2C(=O)OC)c([N+](=O)[O-])c1. The summed E-state index contributed by atoms with van der Waals surface area (Å²) in [5, 5.41) is 11.4. The van der Waals surface area contributed by atoms with Crippen molar-refractivity contribution in [3.63, 3.8) is 0 Å². The van der Waals surface area contributed by atoms with Crippen LogP contribution >= 0.6 is 0 Å². The van der Waals surface area contributed by atoms with E-state index in [0.29, 0.717) is 5.56 Å². The van der Waals surface area contributed by atoms with Gasteiger partial charge in [-0.15, -0.1) is 0 Å². The van der Waals surface area contributed by atoms with Crippen molar-refractivity contribution in [2.75, 3.05) is 14.2 Å². The second-order valence-electron chi connectivity index (χ2n) is 4.66. The molecule has 120 valence electrons. The van der Waals surface area contributed by atoms with Crippen LogP contribution in [0.15, 0.2) is 30.5 Å². The summed E-state index contributed by atoms with van der Waals surface area (Å²) in [5.74, 6) is -1.30. The molecule has 0 saturated carbocycles. The van der Waals surface area contributed by atoms with Gasteiger partial charge in [0.15, 0.2) is 0 Å². The minimum Gasteiger partial charge on any atom is -0.465 e. The molecule has 0 aliphatic rings. The van der Waals surface area contributed by atoms with Crippen molar-refractivity contribution >= 4 is 17.6 Å². The fourth-order valence-corrected chi connectivity index (χ4v) is 2.30. The van der Waals surface area contributed by atoms with Crippen molar-refractivity contribution in [1.82, 2.24) is 4.57 Å². The molecule has 8 heteroatoms. The lowest BCUT2D eigenvalue weighted by Gasteiger charge is -2.12. The van der Waals surface area contributed by atoms with Crippen LogP contribution < -0.4 is 0 Å². The largest absolute Gasteiger partial charge is 0.465 e. The number of hydrogen-bond donors (Lipinski definition) is 0. The van der Waals surface area contributed by atoms with Gasteiger partial charge in [-0.05, 0) is 30.7 Å². The van der Waals surface area contributed by atoms with Gasteiger partial charge >= 0.3 is 11.9 Å². The summed E-state index contributed by atoms with van der Waals surface area (Å²) in [6.45, 7) is 1.61. The third kappa shape index (κ3) is 2.91. The van der Waals surface area contributed by atoms with Crippen molar-refractivity contribution in [3.05, 3.63) is 57.4 Å². The van der Waals surface area contributed by atoms with Gasteiger partial charge in [0.2, 0.25) is 0 Å². The average molecular weight is 318 g/mol. The van der Waals surface area contributed by atoms with Gasteiger partial charge in [0, 0.05) is 12.3 Å². The highest BCUT2D eigenvalue weighted by molar-refractivity contribution is 5.92. The summed E-state index contributed by atoms with van der Waals surface area (Å²) in [6, 6.07) is 5.65. The first-order valence-electron chi connectivity index (χ1n) is 6.54. The molecule has 1 aromatic carbocycles. The van der Waals surface area contributed by atoms with Crippen molar-refractivity contribution in [1.29, 1.82) is 0 Å². The molecule has 0 N–H and O–H groups in total. The Labute approximate surface area is 131 Å². The van der Waals surface area contributed by atoms with Crippen LogP contribution in [-0.2, 0) is 9.47 Å². The highest BCUT2D eigenvalue weighted by atomic mass is 16.6. The average Bonchev–Trinajstić information content (AvgIpc) is 3.01. The van der Waals surface area contributed by atoms with E-state index in [1.165, 1.54) is 37.1 Å². The summed E-state index contributed by atoms with van der Waals surface area (Å²) in [7, 11) is 2.42. The summed E-state index contributed by atoms with van der Waals surface area (Å²) in [4.78, 5) is 34.2. The van der Waals surface area contributed by atoms with Gasteiger partial charge in [-0.25, -0.2) is 9.59 Å². The highest BCUT2D eigenvalue weighted by Crippen LogP contribution is 2.30. The molecule has 0 radical (unpaired) electrons. The molecule has 0 amide bonds. The summed E-state index contributed by atoms with van der Waals surface area (Å²) < 4.78 is 10.6. The van der Waals surface area contributed by atoms with E-state index in [-0.39, 0.29) is 22.6 Å². The Kier molecular flexibility index (Phi) is 4.44.